The molecule has 2 aromatic carbocycles. The van der Waals surface area contributed by atoms with Crippen LogP contribution in [0.25, 0.3) is 0 Å². The Hall–Kier alpha value is -3.00. The van der Waals surface area contributed by atoms with Crippen molar-refractivity contribution in [3.63, 3.8) is 0 Å². The SMILES string of the molecule is Cc1cccc(C2CCCN2C(=O)[C@H](O)[C@@H](O)C(=O)NCCc2cc(Cc3ccccc3)cs2)c1. The molecule has 3 atom stereocenters. The average molecular weight is 493 g/mol. The van der Waals surface area contributed by atoms with E-state index in [9.17, 15) is 19.8 Å². The Bertz CT molecular complexity index is 1150. The second-order valence-electron chi connectivity index (χ2n) is 9.12. The summed E-state index contributed by atoms with van der Waals surface area (Å²) >= 11 is 1.63. The lowest BCUT2D eigenvalue weighted by Gasteiger charge is -2.28. The molecule has 7 heteroatoms. The van der Waals surface area contributed by atoms with Crippen molar-refractivity contribution in [2.24, 2.45) is 0 Å². The van der Waals surface area contributed by atoms with E-state index in [-0.39, 0.29) is 6.04 Å². The number of nitrogens with one attached hydrogen (secondary N) is 1. The van der Waals surface area contributed by atoms with Crippen LogP contribution in [0, 0.1) is 6.92 Å². The van der Waals surface area contributed by atoms with E-state index in [0.29, 0.717) is 19.5 Å². The van der Waals surface area contributed by atoms with Gasteiger partial charge in [0.1, 0.15) is 0 Å². The van der Waals surface area contributed by atoms with Crippen molar-refractivity contribution in [2.45, 2.75) is 50.9 Å². The average Bonchev–Trinajstić information content (AvgIpc) is 3.53. The van der Waals surface area contributed by atoms with Crippen LogP contribution in [0.5, 0.6) is 0 Å². The van der Waals surface area contributed by atoms with E-state index >= 15 is 0 Å². The molecule has 0 spiro atoms. The predicted molar refractivity (Wildman–Crippen MR) is 137 cm³/mol. The van der Waals surface area contributed by atoms with Crippen LogP contribution in [0.2, 0.25) is 0 Å². The third-order valence-corrected chi connectivity index (χ3v) is 7.46. The minimum absolute atomic E-state index is 0.156. The highest BCUT2D eigenvalue weighted by Crippen LogP contribution is 2.33. The quantitative estimate of drug-likeness (QED) is 0.427. The Balaban J connectivity index is 1.27. The number of aliphatic hydroxyl groups excluding tert-OH is 2. The first-order valence-corrected chi connectivity index (χ1v) is 12.9. The van der Waals surface area contributed by atoms with E-state index in [1.807, 2.05) is 49.4 Å². The number of aryl methyl sites for hydroxylation is 1. The van der Waals surface area contributed by atoms with Gasteiger partial charge in [-0.1, -0.05) is 60.2 Å². The number of nitrogens with zero attached hydrogens (tertiary/aromatic N) is 1. The number of thiophene rings is 1. The summed E-state index contributed by atoms with van der Waals surface area (Å²) in [6, 6.07) is 20.1. The topological polar surface area (TPSA) is 89.9 Å². The van der Waals surface area contributed by atoms with E-state index in [1.54, 1.807) is 16.2 Å². The highest BCUT2D eigenvalue weighted by molar-refractivity contribution is 7.10. The van der Waals surface area contributed by atoms with Gasteiger partial charge in [-0.3, -0.25) is 9.59 Å². The van der Waals surface area contributed by atoms with Gasteiger partial charge in [0.15, 0.2) is 12.2 Å². The zero-order valence-electron chi connectivity index (χ0n) is 19.9. The molecule has 1 aromatic heterocycles. The van der Waals surface area contributed by atoms with Gasteiger partial charge >= 0.3 is 0 Å². The fourth-order valence-corrected chi connectivity index (χ4v) is 5.49. The lowest BCUT2D eigenvalue weighted by Crippen LogP contribution is -2.50. The molecule has 1 aliphatic heterocycles. The van der Waals surface area contributed by atoms with Crippen LogP contribution in [-0.2, 0) is 22.4 Å². The first-order valence-electron chi connectivity index (χ1n) is 12.0. The molecule has 1 saturated heterocycles. The number of carbonyl (C=O) groups is 2. The number of carbonyl (C=O) groups excluding carboxylic acids is 2. The maximum absolute atomic E-state index is 12.9. The molecule has 2 amide bonds. The van der Waals surface area contributed by atoms with Crippen LogP contribution in [0.15, 0.2) is 66.0 Å². The molecule has 4 rings (SSSR count). The number of rotatable bonds is 9. The Kier molecular flexibility index (Phi) is 8.33. The zero-order valence-corrected chi connectivity index (χ0v) is 20.7. The van der Waals surface area contributed by atoms with Crippen LogP contribution in [-0.4, -0.2) is 52.2 Å². The molecule has 0 radical (unpaired) electrons. The molecule has 3 aromatic rings. The molecule has 0 aliphatic carbocycles. The van der Waals surface area contributed by atoms with Gasteiger partial charge in [-0.05, 0) is 60.7 Å². The van der Waals surface area contributed by atoms with Crippen molar-refractivity contribution in [3.05, 3.63) is 93.2 Å². The van der Waals surface area contributed by atoms with Crippen molar-refractivity contribution in [1.82, 2.24) is 10.2 Å². The molecule has 2 heterocycles. The van der Waals surface area contributed by atoms with Gasteiger partial charge in [0, 0.05) is 18.0 Å². The van der Waals surface area contributed by atoms with Gasteiger partial charge in [-0.25, -0.2) is 0 Å². The molecule has 0 saturated carbocycles. The van der Waals surface area contributed by atoms with Gasteiger partial charge < -0.3 is 20.4 Å². The lowest BCUT2D eigenvalue weighted by atomic mass is 10.0. The molecule has 6 nitrogen and oxygen atoms in total. The number of hydrogen-bond donors (Lipinski definition) is 3. The molecule has 3 N–H and O–H groups in total. The number of aliphatic hydroxyl groups is 2. The summed E-state index contributed by atoms with van der Waals surface area (Å²) in [5.41, 5.74) is 4.57. The maximum Gasteiger partial charge on any atom is 0.255 e. The molecule has 1 aliphatic rings. The monoisotopic (exact) mass is 492 g/mol. The summed E-state index contributed by atoms with van der Waals surface area (Å²) < 4.78 is 0. The maximum atomic E-state index is 12.9. The van der Waals surface area contributed by atoms with E-state index in [1.165, 1.54) is 11.1 Å². The second-order valence-corrected chi connectivity index (χ2v) is 10.1. The summed E-state index contributed by atoms with van der Waals surface area (Å²) in [6.45, 7) is 2.80. The van der Waals surface area contributed by atoms with Gasteiger partial charge in [0.25, 0.3) is 11.8 Å². The lowest BCUT2D eigenvalue weighted by molar-refractivity contribution is -0.153. The molecule has 0 bridgehead atoms. The van der Waals surface area contributed by atoms with Crippen molar-refractivity contribution in [3.8, 4) is 0 Å². The standard InChI is InChI=1S/C28H32N2O4S/c1-19-7-5-10-22(15-19)24-11-6-14-30(24)28(34)26(32)25(31)27(33)29-13-12-23-17-21(18-35-23)16-20-8-3-2-4-9-20/h2-5,7-10,15,17-18,24-26,31-32H,6,11-14,16H2,1H3,(H,29,33)/t24?,25-,26-/m1/s1. The summed E-state index contributed by atoms with van der Waals surface area (Å²) in [6.07, 6.45) is -0.526. The molecule has 1 unspecified atom stereocenters. The summed E-state index contributed by atoms with van der Waals surface area (Å²) in [4.78, 5) is 28.1. The van der Waals surface area contributed by atoms with Crippen LogP contribution in [0.1, 0.15) is 46.0 Å². The van der Waals surface area contributed by atoms with Crippen molar-refractivity contribution >= 4 is 23.2 Å². The molecular weight excluding hydrogens is 460 g/mol. The summed E-state index contributed by atoms with van der Waals surface area (Å²) in [7, 11) is 0. The zero-order chi connectivity index (χ0) is 24.8. The molecule has 1 fully saturated rings. The Morgan fingerprint density at radius 2 is 1.86 bits per heavy atom. The van der Waals surface area contributed by atoms with Crippen molar-refractivity contribution in [1.29, 1.82) is 0 Å². The Morgan fingerprint density at radius 3 is 2.63 bits per heavy atom. The fourth-order valence-electron chi connectivity index (χ4n) is 4.60. The van der Waals surface area contributed by atoms with E-state index < -0.39 is 24.0 Å². The minimum atomic E-state index is -1.81. The minimum Gasteiger partial charge on any atom is -0.380 e. The van der Waals surface area contributed by atoms with Crippen molar-refractivity contribution in [2.75, 3.05) is 13.1 Å². The van der Waals surface area contributed by atoms with E-state index in [0.717, 1.165) is 35.3 Å². The predicted octanol–water partition coefficient (Wildman–Crippen LogP) is 3.39. The molecular formula is C28H32N2O4S. The van der Waals surface area contributed by atoms with Gasteiger partial charge in [-0.15, -0.1) is 11.3 Å². The number of hydrogen-bond acceptors (Lipinski definition) is 5. The summed E-state index contributed by atoms with van der Waals surface area (Å²) in [5.74, 6) is -1.35. The molecule has 35 heavy (non-hydrogen) atoms. The van der Waals surface area contributed by atoms with Gasteiger partial charge in [-0.2, -0.15) is 0 Å². The number of likely N-dealkylation sites (tertiary alicyclic amines) is 1. The number of benzene rings is 2. The van der Waals surface area contributed by atoms with E-state index in [2.05, 4.69) is 28.9 Å². The highest BCUT2D eigenvalue weighted by Gasteiger charge is 2.38. The Morgan fingerprint density at radius 1 is 1.06 bits per heavy atom. The number of amides is 2. The molecule has 184 valence electrons. The van der Waals surface area contributed by atoms with Crippen molar-refractivity contribution < 1.29 is 19.8 Å². The van der Waals surface area contributed by atoms with Crippen LogP contribution < -0.4 is 5.32 Å². The van der Waals surface area contributed by atoms with Crippen LogP contribution in [0.3, 0.4) is 0 Å². The van der Waals surface area contributed by atoms with Crippen LogP contribution in [0.4, 0.5) is 0 Å². The summed E-state index contributed by atoms with van der Waals surface area (Å²) in [5, 5.41) is 25.6. The van der Waals surface area contributed by atoms with Crippen LogP contribution >= 0.6 is 11.3 Å². The fraction of sp³-hybridized carbons (Fsp3) is 0.357. The second kappa shape index (κ2) is 11.6. The smallest absolute Gasteiger partial charge is 0.255 e. The largest absolute Gasteiger partial charge is 0.380 e. The first-order chi connectivity index (χ1) is 16.9. The Labute approximate surface area is 210 Å². The van der Waals surface area contributed by atoms with E-state index in [4.69, 9.17) is 0 Å². The third kappa shape index (κ3) is 6.36. The highest BCUT2D eigenvalue weighted by atomic mass is 32.1. The first kappa shape index (κ1) is 25.1. The van der Waals surface area contributed by atoms with Gasteiger partial charge in [0.05, 0.1) is 6.04 Å². The third-order valence-electron chi connectivity index (χ3n) is 6.41. The normalized spacial score (nSPS) is 17.2. The van der Waals surface area contributed by atoms with Gasteiger partial charge in [0.2, 0.25) is 0 Å².